The van der Waals surface area contributed by atoms with E-state index in [9.17, 15) is 9.90 Å². The third kappa shape index (κ3) is 4.07. The number of carbonyl (C=O) groups is 1. The Labute approximate surface area is 182 Å². The molecule has 154 valence electrons. The number of nitrogens with zero attached hydrogens (tertiary/aromatic N) is 1. The van der Waals surface area contributed by atoms with E-state index < -0.39 is 18.2 Å². The normalized spacial score (nSPS) is 26.3. The number of para-hydroxylation sites is 1. The smallest absolute Gasteiger partial charge is 0.326 e. The SMILES string of the molecule is COc1ccc(COc2c(I)cccc2CN2OC(O)[C@H]3[C@H](C)OC(=O)[C@H]32)cc1. The molecule has 0 radical (unpaired) electrons. The quantitative estimate of drug-likeness (QED) is 0.472. The minimum Gasteiger partial charge on any atom is -0.497 e. The third-order valence-electron chi connectivity index (χ3n) is 5.25. The summed E-state index contributed by atoms with van der Waals surface area (Å²) in [6.07, 6.45) is -1.44. The molecule has 2 aromatic carbocycles. The highest BCUT2D eigenvalue weighted by atomic mass is 127. The lowest BCUT2D eigenvalue weighted by atomic mass is 9.98. The maximum Gasteiger partial charge on any atom is 0.326 e. The Bertz CT molecular complexity index is 889. The lowest BCUT2D eigenvalue weighted by molar-refractivity contribution is -0.240. The topological polar surface area (TPSA) is 77.5 Å². The second-order valence-electron chi connectivity index (χ2n) is 7.10. The summed E-state index contributed by atoms with van der Waals surface area (Å²) >= 11 is 2.22. The lowest BCUT2D eigenvalue weighted by Gasteiger charge is -2.21. The van der Waals surface area contributed by atoms with Crippen LogP contribution in [0.3, 0.4) is 0 Å². The van der Waals surface area contributed by atoms with Crippen LogP contribution in [-0.2, 0) is 27.5 Å². The van der Waals surface area contributed by atoms with Crippen LogP contribution < -0.4 is 9.47 Å². The van der Waals surface area contributed by atoms with Crippen molar-refractivity contribution in [3.8, 4) is 11.5 Å². The number of cyclic esters (lactones) is 1. The zero-order valence-electron chi connectivity index (χ0n) is 16.1. The fraction of sp³-hybridized carbons (Fsp3) is 0.381. The summed E-state index contributed by atoms with van der Waals surface area (Å²) in [5, 5.41) is 11.7. The number of halogens is 1. The molecule has 0 amide bonds. The van der Waals surface area contributed by atoms with Gasteiger partial charge in [-0.05, 0) is 53.3 Å². The van der Waals surface area contributed by atoms with Gasteiger partial charge in [0.25, 0.3) is 0 Å². The number of fused-ring (bicyclic) bond motifs is 1. The van der Waals surface area contributed by atoms with E-state index in [-0.39, 0.29) is 12.1 Å². The number of hydrogen-bond acceptors (Lipinski definition) is 7. The number of methoxy groups -OCH3 is 1. The Kier molecular flexibility index (Phi) is 5.95. The van der Waals surface area contributed by atoms with Crippen molar-refractivity contribution in [3.63, 3.8) is 0 Å². The van der Waals surface area contributed by atoms with E-state index in [2.05, 4.69) is 22.6 Å². The van der Waals surface area contributed by atoms with Crippen molar-refractivity contribution in [3.05, 3.63) is 57.2 Å². The summed E-state index contributed by atoms with van der Waals surface area (Å²) in [4.78, 5) is 17.8. The molecular formula is C21H22INO6. The van der Waals surface area contributed by atoms with Gasteiger partial charge in [-0.2, -0.15) is 5.06 Å². The Balaban J connectivity index is 1.51. The molecule has 7 nitrogen and oxygen atoms in total. The number of aliphatic hydroxyl groups is 1. The van der Waals surface area contributed by atoms with E-state index in [4.69, 9.17) is 19.0 Å². The van der Waals surface area contributed by atoms with Crippen LogP contribution in [0.4, 0.5) is 0 Å². The van der Waals surface area contributed by atoms with Gasteiger partial charge in [0.1, 0.15) is 30.3 Å². The van der Waals surface area contributed by atoms with Gasteiger partial charge >= 0.3 is 5.97 Å². The van der Waals surface area contributed by atoms with Crippen molar-refractivity contribution < 1.29 is 28.9 Å². The van der Waals surface area contributed by atoms with E-state index in [1.807, 2.05) is 42.5 Å². The molecule has 4 rings (SSSR count). The van der Waals surface area contributed by atoms with E-state index in [0.29, 0.717) is 13.2 Å². The molecule has 0 bridgehead atoms. The van der Waals surface area contributed by atoms with E-state index >= 15 is 0 Å². The second kappa shape index (κ2) is 8.47. The summed E-state index contributed by atoms with van der Waals surface area (Å²) in [6, 6.07) is 12.9. The molecule has 29 heavy (non-hydrogen) atoms. The molecule has 0 aliphatic carbocycles. The fourth-order valence-corrected chi connectivity index (χ4v) is 4.45. The first-order valence-corrected chi connectivity index (χ1v) is 10.4. The van der Waals surface area contributed by atoms with Crippen molar-refractivity contribution in [2.75, 3.05) is 7.11 Å². The monoisotopic (exact) mass is 511 g/mol. The van der Waals surface area contributed by atoms with Crippen molar-refractivity contribution in [2.24, 2.45) is 5.92 Å². The number of hydroxylamine groups is 2. The lowest BCUT2D eigenvalue weighted by Crippen LogP contribution is -2.35. The van der Waals surface area contributed by atoms with E-state index in [1.165, 1.54) is 5.06 Å². The Hall–Kier alpha value is -1.88. The van der Waals surface area contributed by atoms with Gasteiger partial charge in [-0.1, -0.05) is 24.3 Å². The number of hydrogen-bond donors (Lipinski definition) is 1. The summed E-state index contributed by atoms with van der Waals surface area (Å²) in [7, 11) is 1.63. The van der Waals surface area contributed by atoms with Crippen LogP contribution >= 0.6 is 22.6 Å². The first-order valence-electron chi connectivity index (χ1n) is 9.33. The molecule has 1 unspecified atom stereocenters. The van der Waals surface area contributed by atoms with Crippen molar-refractivity contribution in [2.45, 2.75) is 38.5 Å². The number of esters is 1. The average Bonchev–Trinajstić information content (AvgIpc) is 3.19. The Morgan fingerprint density at radius 3 is 2.69 bits per heavy atom. The van der Waals surface area contributed by atoms with Gasteiger partial charge in [-0.15, -0.1) is 0 Å². The molecular weight excluding hydrogens is 489 g/mol. The summed E-state index contributed by atoms with van der Waals surface area (Å²) < 4.78 is 17.5. The van der Waals surface area contributed by atoms with Gasteiger partial charge < -0.3 is 19.3 Å². The maximum absolute atomic E-state index is 12.2. The highest BCUT2D eigenvalue weighted by Crippen LogP contribution is 2.38. The van der Waals surface area contributed by atoms with Crippen molar-refractivity contribution >= 4 is 28.6 Å². The minimum atomic E-state index is -1.06. The molecule has 2 aliphatic heterocycles. The number of benzene rings is 2. The molecule has 2 aliphatic rings. The highest BCUT2D eigenvalue weighted by Gasteiger charge is 2.56. The van der Waals surface area contributed by atoms with E-state index in [0.717, 1.165) is 26.2 Å². The number of aliphatic hydroxyl groups excluding tert-OH is 1. The van der Waals surface area contributed by atoms with Gasteiger partial charge in [0.15, 0.2) is 6.29 Å². The zero-order valence-corrected chi connectivity index (χ0v) is 18.2. The van der Waals surface area contributed by atoms with Crippen LogP contribution in [0.5, 0.6) is 11.5 Å². The Morgan fingerprint density at radius 1 is 1.21 bits per heavy atom. The first kappa shape index (κ1) is 20.4. The van der Waals surface area contributed by atoms with Crippen LogP contribution in [-0.4, -0.2) is 41.7 Å². The predicted octanol–water partition coefficient (Wildman–Crippen LogP) is 2.87. The van der Waals surface area contributed by atoms with Gasteiger partial charge in [-0.3, -0.25) is 9.63 Å². The molecule has 0 aromatic heterocycles. The highest BCUT2D eigenvalue weighted by molar-refractivity contribution is 14.1. The summed E-state index contributed by atoms with van der Waals surface area (Å²) in [6.45, 7) is 2.47. The summed E-state index contributed by atoms with van der Waals surface area (Å²) in [5.41, 5.74) is 1.88. The number of ether oxygens (including phenoxy) is 3. The minimum absolute atomic E-state index is 0.300. The summed E-state index contributed by atoms with van der Waals surface area (Å²) in [5.74, 6) is 0.755. The van der Waals surface area contributed by atoms with Crippen LogP contribution in [0.25, 0.3) is 0 Å². The third-order valence-corrected chi connectivity index (χ3v) is 6.10. The first-order chi connectivity index (χ1) is 14.0. The molecule has 2 aromatic rings. The molecule has 0 spiro atoms. The standard InChI is InChI=1S/C21H22INO6/c1-12-17-18(21(25)28-12)23(29-20(17)24)10-14-4-3-5-16(22)19(14)27-11-13-6-8-15(26-2)9-7-13/h3-9,12,17-18,20,24H,10-11H2,1-2H3/t12-,17-,18-,20?/m0/s1. The van der Waals surface area contributed by atoms with Crippen LogP contribution in [0.2, 0.25) is 0 Å². The van der Waals surface area contributed by atoms with Crippen molar-refractivity contribution in [1.29, 1.82) is 0 Å². The molecule has 8 heteroatoms. The second-order valence-corrected chi connectivity index (χ2v) is 8.26. The van der Waals surface area contributed by atoms with Crippen LogP contribution in [0.1, 0.15) is 18.1 Å². The zero-order chi connectivity index (χ0) is 20.5. The molecule has 2 fully saturated rings. The van der Waals surface area contributed by atoms with Gasteiger partial charge in [-0.25, -0.2) is 0 Å². The van der Waals surface area contributed by atoms with Crippen LogP contribution in [0.15, 0.2) is 42.5 Å². The van der Waals surface area contributed by atoms with Gasteiger partial charge in [0, 0.05) is 5.56 Å². The number of rotatable bonds is 6. The molecule has 2 saturated heterocycles. The van der Waals surface area contributed by atoms with Crippen molar-refractivity contribution in [1.82, 2.24) is 5.06 Å². The predicted molar refractivity (Wildman–Crippen MR) is 112 cm³/mol. The molecule has 2 heterocycles. The molecule has 0 saturated carbocycles. The van der Waals surface area contributed by atoms with Gasteiger partial charge in [0.2, 0.25) is 0 Å². The Morgan fingerprint density at radius 2 is 1.97 bits per heavy atom. The largest absolute Gasteiger partial charge is 0.497 e. The fourth-order valence-electron chi connectivity index (χ4n) is 3.74. The molecule has 1 N–H and O–H groups in total. The van der Waals surface area contributed by atoms with E-state index in [1.54, 1.807) is 14.0 Å². The molecule has 4 atom stereocenters. The van der Waals surface area contributed by atoms with Crippen LogP contribution in [0, 0.1) is 9.49 Å². The van der Waals surface area contributed by atoms with Gasteiger partial charge in [0.05, 0.1) is 23.1 Å². The average molecular weight is 511 g/mol. The number of carbonyl (C=O) groups excluding carboxylic acids is 1. The maximum atomic E-state index is 12.2.